The van der Waals surface area contributed by atoms with E-state index in [-0.39, 0.29) is 29.5 Å². The van der Waals surface area contributed by atoms with Gasteiger partial charge in [-0.25, -0.2) is 4.79 Å². The molecule has 0 bridgehead atoms. The van der Waals surface area contributed by atoms with Crippen LogP contribution in [0.3, 0.4) is 0 Å². The van der Waals surface area contributed by atoms with E-state index in [1.54, 1.807) is 43.5 Å². The van der Waals surface area contributed by atoms with Gasteiger partial charge in [-0.2, -0.15) is 0 Å². The molecule has 3 rings (SSSR count). The van der Waals surface area contributed by atoms with Gasteiger partial charge in [0.05, 0.1) is 7.11 Å². The number of halogens is 1. The number of amides is 2. The molecular weight excluding hydrogens is 404 g/mol. The van der Waals surface area contributed by atoms with Gasteiger partial charge in [0.2, 0.25) is 6.41 Å². The number of ether oxygens (including phenoxy) is 2. The zero-order chi connectivity index (χ0) is 20.1. The smallest absolute Gasteiger partial charge is 0.355 e. The number of hydrogen-bond acceptors (Lipinski definition) is 6. The van der Waals surface area contributed by atoms with Crippen molar-refractivity contribution < 1.29 is 23.9 Å². The Morgan fingerprint density at radius 2 is 2.14 bits per heavy atom. The normalized spacial score (nSPS) is 21.2. The minimum Gasteiger partial charge on any atom is -0.497 e. The van der Waals surface area contributed by atoms with Crippen LogP contribution in [0.1, 0.15) is 5.56 Å². The minimum atomic E-state index is -0.634. The van der Waals surface area contributed by atoms with Crippen molar-refractivity contribution in [2.24, 2.45) is 0 Å². The van der Waals surface area contributed by atoms with Crippen LogP contribution in [0.2, 0.25) is 0 Å². The summed E-state index contributed by atoms with van der Waals surface area (Å²) in [5, 5.41) is 2.17. The van der Waals surface area contributed by atoms with Crippen molar-refractivity contribution in [2.75, 3.05) is 18.7 Å². The maximum absolute atomic E-state index is 12.8. The Bertz CT molecular complexity index is 824. The first kappa shape index (κ1) is 20.3. The van der Waals surface area contributed by atoms with E-state index in [1.165, 1.54) is 16.7 Å². The van der Waals surface area contributed by atoms with Crippen molar-refractivity contribution in [3.63, 3.8) is 0 Å². The van der Waals surface area contributed by atoms with Gasteiger partial charge in [0.15, 0.2) is 0 Å². The van der Waals surface area contributed by atoms with E-state index in [1.807, 2.05) is 0 Å². The Kier molecular flexibility index (Phi) is 6.64. The summed E-state index contributed by atoms with van der Waals surface area (Å²) in [6.07, 6.45) is 3.93. The Hall–Kier alpha value is -2.45. The maximum atomic E-state index is 12.8. The average Bonchev–Trinajstić information content (AvgIpc) is 2.73. The summed E-state index contributed by atoms with van der Waals surface area (Å²) in [6, 6.07) is 6.52. The molecule has 2 aliphatic rings. The Morgan fingerprint density at radius 1 is 1.39 bits per heavy atom. The predicted molar refractivity (Wildman–Crippen MR) is 106 cm³/mol. The molecule has 2 heterocycles. The third kappa shape index (κ3) is 4.02. The standard InChI is InChI=1S/C19H19ClN2O5S/c1-26-14-6-4-12(5-7-14)9-27-19(25)16-13(3-2-8-20)10-28-18-15(21-11-23)17(24)22(16)18/h2-7,11,15,18H,8-10H2,1H3,(H,21,23)/b3-2-/t15-,18+/m1/s1. The van der Waals surface area contributed by atoms with Gasteiger partial charge in [0, 0.05) is 11.6 Å². The number of alkyl halides is 1. The molecule has 28 heavy (non-hydrogen) atoms. The van der Waals surface area contributed by atoms with Crippen molar-refractivity contribution in [2.45, 2.75) is 18.0 Å². The van der Waals surface area contributed by atoms with Crippen molar-refractivity contribution in [3.8, 4) is 5.75 Å². The number of hydrogen-bond donors (Lipinski definition) is 1. The second-order valence-electron chi connectivity index (χ2n) is 6.03. The maximum Gasteiger partial charge on any atom is 0.355 e. The van der Waals surface area contributed by atoms with Gasteiger partial charge in [-0.15, -0.1) is 23.4 Å². The van der Waals surface area contributed by atoms with Crippen LogP contribution in [0.5, 0.6) is 5.75 Å². The molecule has 1 aromatic carbocycles. The minimum absolute atomic E-state index is 0.0642. The highest BCUT2D eigenvalue weighted by Crippen LogP contribution is 2.40. The lowest BCUT2D eigenvalue weighted by Crippen LogP contribution is -2.69. The highest BCUT2D eigenvalue weighted by Gasteiger charge is 2.53. The summed E-state index contributed by atoms with van der Waals surface area (Å²) in [7, 11) is 1.58. The first-order chi connectivity index (χ1) is 13.6. The van der Waals surface area contributed by atoms with E-state index >= 15 is 0 Å². The zero-order valence-corrected chi connectivity index (χ0v) is 16.7. The number of esters is 1. The molecule has 1 aromatic rings. The van der Waals surface area contributed by atoms with Gasteiger partial charge in [-0.05, 0) is 23.3 Å². The van der Waals surface area contributed by atoms with Crippen LogP contribution in [0, 0.1) is 0 Å². The van der Waals surface area contributed by atoms with E-state index < -0.39 is 12.0 Å². The van der Waals surface area contributed by atoms with Gasteiger partial charge in [0.1, 0.15) is 29.5 Å². The Morgan fingerprint density at radius 3 is 2.79 bits per heavy atom. The molecular formula is C19H19ClN2O5S. The number of thioether (sulfide) groups is 1. The highest BCUT2D eigenvalue weighted by molar-refractivity contribution is 8.00. The second-order valence-corrected chi connectivity index (χ2v) is 7.44. The highest BCUT2D eigenvalue weighted by atomic mass is 35.5. The van der Waals surface area contributed by atoms with Gasteiger partial charge in [0.25, 0.3) is 5.91 Å². The molecule has 0 saturated carbocycles. The van der Waals surface area contributed by atoms with Crippen LogP contribution in [0.25, 0.3) is 0 Å². The topological polar surface area (TPSA) is 84.9 Å². The van der Waals surface area contributed by atoms with E-state index in [9.17, 15) is 14.4 Å². The lowest BCUT2D eigenvalue weighted by Gasteiger charge is -2.49. The molecule has 2 atom stereocenters. The largest absolute Gasteiger partial charge is 0.497 e. The van der Waals surface area contributed by atoms with Crippen LogP contribution < -0.4 is 10.1 Å². The van der Waals surface area contributed by atoms with Gasteiger partial charge in [-0.1, -0.05) is 24.3 Å². The molecule has 7 nitrogen and oxygen atoms in total. The SMILES string of the molecule is COc1ccc(COC(=O)C2=C(/C=C\CCl)CS[C@H]3[C@H](NC=O)C(=O)N23)cc1. The summed E-state index contributed by atoms with van der Waals surface area (Å²) in [6.45, 7) is 0.0642. The van der Waals surface area contributed by atoms with Crippen LogP contribution in [0.4, 0.5) is 0 Å². The quantitative estimate of drug-likeness (QED) is 0.298. The number of benzene rings is 1. The average molecular weight is 423 g/mol. The van der Waals surface area contributed by atoms with Crippen molar-refractivity contribution in [1.82, 2.24) is 10.2 Å². The fourth-order valence-electron chi connectivity index (χ4n) is 2.98. The van der Waals surface area contributed by atoms with Gasteiger partial charge in [-0.3, -0.25) is 14.5 Å². The number of β-lactam (4-membered cyclic amide) rings is 1. The Labute approximate surface area is 171 Å². The molecule has 9 heteroatoms. The molecule has 1 fully saturated rings. The predicted octanol–water partition coefficient (Wildman–Crippen LogP) is 1.82. The third-order valence-electron chi connectivity index (χ3n) is 4.38. The molecule has 0 spiro atoms. The molecule has 0 aliphatic carbocycles. The fourth-order valence-corrected chi connectivity index (χ4v) is 4.40. The first-order valence-corrected chi connectivity index (χ1v) is 10.1. The number of carbonyl (C=O) groups excluding carboxylic acids is 3. The Balaban J connectivity index is 1.78. The number of rotatable bonds is 8. The van der Waals surface area contributed by atoms with Crippen molar-refractivity contribution >= 4 is 41.6 Å². The van der Waals surface area contributed by atoms with Crippen LogP contribution in [-0.4, -0.2) is 53.3 Å². The molecule has 1 saturated heterocycles. The number of nitrogens with one attached hydrogen (secondary N) is 1. The van der Waals surface area contributed by atoms with E-state index in [0.717, 1.165) is 5.56 Å². The lowest BCUT2D eigenvalue weighted by atomic mass is 10.0. The summed E-state index contributed by atoms with van der Waals surface area (Å²) < 4.78 is 10.6. The molecule has 2 aliphatic heterocycles. The van der Waals surface area contributed by atoms with Gasteiger partial charge < -0.3 is 14.8 Å². The summed E-state index contributed by atoms with van der Waals surface area (Å²) in [5.41, 5.74) is 1.66. The molecule has 0 unspecified atom stereocenters. The fraction of sp³-hybridized carbons (Fsp3) is 0.316. The summed E-state index contributed by atoms with van der Waals surface area (Å²) in [5.74, 6) is 0.574. The van der Waals surface area contributed by atoms with E-state index in [2.05, 4.69) is 5.32 Å². The molecule has 1 N–H and O–H groups in total. The first-order valence-electron chi connectivity index (χ1n) is 8.50. The number of nitrogens with zero attached hydrogens (tertiary/aromatic N) is 1. The second kappa shape index (κ2) is 9.16. The number of carbonyl (C=O) groups is 3. The van der Waals surface area contributed by atoms with Crippen LogP contribution >= 0.6 is 23.4 Å². The number of allylic oxidation sites excluding steroid dienone is 2. The van der Waals surface area contributed by atoms with E-state index in [4.69, 9.17) is 21.1 Å². The van der Waals surface area contributed by atoms with Gasteiger partial charge >= 0.3 is 5.97 Å². The molecule has 0 radical (unpaired) electrons. The van der Waals surface area contributed by atoms with Crippen LogP contribution in [0.15, 0.2) is 47.7 Å². The third-order valence-corrected chi connectivity index (χ3v) is 5.86. The molecule has 2 amide bonds. The summed E-state index contributed by atoms with van der Waals surface area (Å²) >= 11 is 7.19. The van der Waals surface area contributed by atoms with Crippen molar-refractivity contribution in [1.29, 1.82) is 0 Å². The van der Waals surface area contributed by atoms with Crippen LogP contribution in [-0.2, 0) is 25.7 Å². The van der Waals surface area contributed by atoms with Crippen molar-refractivity contribution in [3.05, 3.63) is 53.3 Å². The molecule has 148 valence electrons. The number of methoxy groups -OCH3 is 1. The molecule has 0 aromatic heterocycles. The zero-order valence-electron chi connectivity index (χ0n) is 15.1. The summed E-state index contributed by atoms with van der Waals surface area (Å²) in [4.78, 5) is 37.4. The lowest BCUT2D eigenvalue weighted by molar-refractivity contribution is -0.152. The number of fused-ring (bicyclic) bond motifs is 1. The van der Waals surface area contributed by atoms with E-state index in [0.29, 0.717) is 23.5 Å². The monoisotopic (exact) mass is 422 g/mol.